The van der Waals surface area contributed by atoms with Gasteiger partial charge >= 0.3 is 0 Å². The Morgan fingerprint density at radius 1 is 1.42 bits per heavy atom. The second-order valence-electron chi connectivity index (χ2n) is 4.07. The molecule has 2 aromatic rings. The number of rotatable bonds is 4. The van der Waals surface area contributed by atoms with E-state index < -0.39 is 0 Å². The molecule has 0 saturated carbocycles. The van der Waals surface area contributed by atoms with Gasteiger partial charge in [-0.1, -0.05) is 35.1 Å². The number of nitrogens with two attached hydrogens (primary N) is 1. The molecule has 0 unspecified atom stereocenters. The van der Waals surface area contributed by atoms with Crippen molar-refractivity contribution in [1.82, 2.24) is 15.5 Å². The van der Waals surface area contributed by atoms with E-state index in [2.05, 4.69) is 15.5 Å². The van der Waals surface area contributed by atoms with Crippen molar-refractivity contribution in [3.63, 3.8) is 0 Å². The van der Waals surface area contributed by atoms with Crippen molar-refractivity contribution in [2.45, 2.75) is 19.4 Å². The SMILES string of the molecule is C[C@@H](NC(=O)Cc1ccc(Cl)cc1)c1nnc(N)s1. The van der Waals surface area contributed by atoms with E-state index in [9.17, 15) is 4.79 Å². The summed E-state index contributed by atoms with van der Waals surface area (Å²) in [6, 6.07) is 6.98. The Labute approximate surface area is 119 Å². The van der Waals surface area contributed by atoms with Crippen LogP contribution in [0.5, 0.6) is 0 Å². The van der Waals surface area contributed by atoms with Crippen molar-refractivity contribution in [2.24, 2.45) is 0 Å². The summed E-state index contributed by atoms with van der Waals surface area (Å²) in [5.74, 6) is -0.0800. The molecule has 0 radical (unpaired) electrons. The maximum absolute atomic E-state index is 11.9. The van der Waals surface area contributed by atoms with E-state index in [4.69, 9.17) is 17.3 Å². The number of amides is 1. The average molecular weight is 297 g/mol. The molecule has 1 aromatic heterocycles. The summed E-state index contributed by atoms with van der Waals surface area (Å²) in [6.07, 6.45) is 0.301. The van der Waals surface area contributed by atoms with Gasteiger partial charge in [-0.2, -0.15) is 0 Å². The van der Waals surface area contributed by atoms with Gasteiger partial charge in [0.15, 0.2) is 0 Å². The molecule has 0 bridgehead atoms. The lowest BCUT2D eigenvalue weighted by Crippen LogP contribution is -2.28. The van der Waals surface area contributed by atoms with Crippen LogP contribution in [0.4, 0.5) is 5.13 Å². The molecule has 0 spiro atoms. The zero-order chi connectivity index (χ0) is 13.8. The number of hydrogen-bond donors (Lipinski definition) is 2. The standard InChI is InChI=1S/C12H13ClN4OS/c1-7(11-16-17-12(14)19-11)15-10(18)6-8-2-4-9(13)5-3-8/h2-5,7H,6H2,1H3,(H2,14,17)(H,15,18)/t7-/m1/s1. The first-order valence-electron chi connectivity index (χ1n) is 5.67. The second-order valence-corrected chi connectivity index (χ2v) is 5.55. The number of nitrogen functional groups attached to an aromatic ring is 1. The summed E-state index contributed by atoms with van der Waals surface area (Å²) in [6.45, 7) is 1.85. The van der Waals surface area contributed by atoms with Crippen LogP contribution in [0, 0.1) is 0 Å². The number of hydrogen-bond acceptors (Lipinski definition) is 5. The normalized spacial score (nSPS) is 12.1. The Bertz CT molecular complexity index is 569. The number of halogens is 1. The molecule has 1 aromatic carbocycles. The molecule has 0 aliphatic carbocycles. The van der Waals surface area contributed by atoms with E-state index in [0.29, 0.717) is 21.6 Å². The van der Waals surface area contributed by atoms with Crippen LogP contribution in [-0.4, -0.2) is 16.1 Å². The highest BCUT2D eigenvalue weighted by Gasteiger charge is 2.14. The van der Waals surface area contributed by atoms with Gasteiger partial charge in [0.2, 0.25) is 11.0 Å². The third kappa shape index (κ3) is 3.90. The van der Waals surface area contributed by atoms with Gasteiger partial charge in [0.25, 0.3) is 0 Å². The summed E-state index contributed by atoms with van der Waals surface area (Å²) < 4.78 is 0. The summed E-state index contributed by atoms with van der Waals surface area (Å²) in [4.78, 5) is 11.9. The molecule has 0 aliphatic rings. The molecular formula is C12H13ClN4OS. The molecule has 1 atom stereocenters. The fraction of sp³-hybridized carbons (Fsp3) is 0.250. The van der Waals surface area contributed by atoms with Gasteiger partial charge in [-0.25, -0.2) is 0 Å². The van der Waals surface area contributed by atoms with Crippen LogP contribution in [0.2, 0.25) is 5.02 Å². The smallest absolute Gasteiger partial charge is 0.224 e. The lowest BCUT2D eigenvalue weighted by molar-refractivity contribution is -0.121. The number of anilines is 1. The molecule has 0 saturated heterocycles. The van der Waals surface area contributed by atoms with Crippen LogP contribution < -0.4 is 11.1 Å². The van der Waals surface area contributed by atoms with E-state index in [-0.39, 0.29) is 11.9 Å². The highest BCUT2D eigenvalue weighted by molar-refractivity contribution is 7.15. The van der Waals surface area contributed by atoms with Gasteiger partial charge in [-0.05, 0) is 24.6 Å². The van der Waals surface area contributed by atoms with Gasteiger partial charge in [-0.15, -0.1) is 10.2 Å². The third-order valence-electron chi connectivity index (χ3n) is 2.48. The van der Waals surface area contributed by atoms with Gasteiger partial charge in [0.05, 0.1) is 12.5 Å². The molecule has 19 heavy (non-hydrogen) atoms. The zero-order valence-electron chi connectivity index (χ0n) is 10.3. The topological polar surface area (TPSA) is 80.9 Å². The van der Waals surface area contributed by atoms with Crippen molar-refractivity contribution in [2.75, 3.05) is 5.73 Å². The first-order chi connectivity index (χ1) is 9.04. The molecule has 5 nitrogen and oxygen atoms in total. The van der Waals surface area contributed by atoms with Crippen molar-refractivity contribution in [1.29, 1.82) is 0 Å². The molecular weight excluding hydrogens is 284 g/mol. The van der Waals surface area contributed by atoms with Crippen LogP contribution in [-0.2, 0) is 11.2 Å². The maximum Gasteiger partial charge on any atom is 0.224 e. The fourth-order valence-electron chi connectivity index (χ4n) is 1.56. The van der Waals surface area contributed by atoms with Crippen molar-refractivity contribution >= 4 is 34.0 Å². The Morgan fingerprint density at radius 2 is 2.11 bits per heavy atom. The lowest BCUT2D eigenvalue weighted by Gasteiger charge is -2.10. The summed E-state index contributed by atoms with van der Waals surface area (Å²) in [5.41, 5.74) is 6.41. The minimum atomic E-state index is -0.199. The van der Waals surface area contributed by atoms with Crippen molar-refractivity contribution < 1.29 is 4.79 Å². The maximum atomic E-state index is 11.9. The monoisotopic (exact) mass is 296 g/mol. The predicted octanol–water partition coefficient (Wildman–Crippen LogP) is 2.19. The third-order valence-corrected chi connectivity index (χ3v) is 3.67. The molecule has 7 heteroatoms. The molecule has 2 rings (SSSR count). The van der Waals surface area contributed by atoms with Crippen molar-refractivity contribution in [3.8, 4) is 0 Å². The number of carbonyl (C=O) groups is 1. The van der Waals surface area contributed by atoms with Gasteiger partial charge in [-0.3, -0.25) is 4.79 Å². The van der Waals surface area contributed by atoms with Crippen LogP contribution in [0.25, 0.3) is 0 Å². The Hall–Kier alpha value is -1.66. The van der Waals surface area contributed by atoms with E-state index in [1.54, 1.807) is 12.1 Å². The van der Waals surface area contributed by atoms with E-state index in [0.717, 1.165) is 5.56 Å². The van der Waals surface area contributed by atoms with Gasteiger partial charge in [0.1, 0.15) is 5.01 Å². The zero-order valence-corrected chi connectivity index (χ0v) is 11.8. The van der Waals surface area contributed by atoms with Crippen LogP contribution in [0.3, 0.4) is 0 Å². The van der Waals surface area contributed by atoms with E-state index in [1.807, 2.05) is 19.1 Å². The highest BCUT2D eigenvalue weighted by atomic mass is 35.5. The Balaban J connectivity index is 1.92. The number of carbonyl (C=O) groups excluding carboxylic acids is 1. The predicted molar refractivity (Wildman–Crippen MR) is 76.0 cm³/mol. The number of aromatic nitrogens is 2. The minimum Gasteiger partial charge on any atom is -0.374 e. The first kappa shape index (κ1) is 13.8. The molecule has 100 valence electrons. The number of benzene rings is 1. The summed E-state index contributed by atoms with van der Waals surface area (Å²) in [7, 11) is 0. The Morgan fingerprint density at radius 3 is 2.68 bits per heavy atom. The molecule has 1 heterocycles. The molecule has 3 N–H and O–H groups in total. The molecule has 1 amide bonds. The van der Waals surface area contributed by atoms with E-state index in [1.165, 1.54) is 11.3 Å². The van der Waals surface area contributed by atoms with Crippen LogP contribution >= 0.6 is 22.9 Å². The van der Waals surface area contributed by atoms with Gasteiger partial charge < -0.3 is 11.1 Å². The largest absolute Gasteiger partial charge is 0.374 e. The summed E-state index contributed by atoms with van der Waals surface area (Å²) in [5, 5.41) is 12.2. The van der Waals surface area contributed by atoms with Gasteiger partial charge in [0, 0.05) is 5.02 Å². The highest BCUT2D eigenvalue weighted by Crippen LogP contribution is 2.19. The van der Waals surface area contributed by atoms with Crippen molar-refractivity contribution in [3.05, 3.63) is 39.9 Å². The second kappa shape index (κ2) is 5.99. The summed E-state index contributed by atoms with van der Waals surface area (Å²) >= 11 is 7.06. The number of nitrogens with zero attached hydrogens (tertiary/aromatic N) is 2. The quantitative estimate of drug-likeness (QED) is 0.906. The average Bonchev–Trinajstić information content (AvgIpc) is 2.79. The Kier molecular flexibility index (Phi) is 4.34. The van der Waals surface area contributed by atoms with Crippen LogP contribution in [0.15, 0.2) is 24.3 Å². The van der Waals surface area contributed by atoms with Crippen LogP contribution in [0.1, 0.15) is 23.5 Å². The minimum absolute atomic E-state index is 0.0800. The molecule has 0 fully saturated rings. The fourth-order valence-corrected chi connectivity index (χ4v) is 2.30. The lowest BCUT2D eigenvalue weighted by atomic mass is 10.1. The molecule has 0 aliphatic heterocycles. The first-order valence-corrected chi connectivity index (χ1v) is 6.86. The number of nitrogens with one attached hydrogen (secondary N) is 1. The van der Waals surface area contributed by atoms with E-state index >= 15 is 0 Å².